The minimum atomic E-state index is -3.69. The number of sulfonamides is 1. The van der Waals surface area contributed by atoms with Crippen LogP contribution in [0.2, 0.25) is 0 Å². The number of amides is 1. The summed E-state index contributed by atoms with van der Waals surface area (Å²) in [5.41, 5.74) is 0.783. The van der Waals surface area contributed by atoms with E-state index < -0.39 is 10.0 Å². The summed E-state index contributed by atoms with van der Waals surface area (Å²) in [6, 6.07) is 7.78. The molecule has 0 saturated carbocycles. The third-order valence-corrected chi connectivity index (χ3v) is 6.76. The fraction of sp³-hybridized carbons (Fsp3) is 0.0833. The lowest BCUT2D eigenvalue weighted by Gasteiger charge is -2.05. The quantitative estimate of drug-likeness (QED) is 0.745. The van der Waals surface area contributed by atoms with E-state index in [9.17, 15) is 13.2 Å². The predicted molar refractivity (Wildman–Crippen MR) is 88.7 cm³/mol. The number of carbonyl (C=O) groups is 1. The Morgan fingerprint density at radius 3 is 2.33 bits per heavy atom. The highest BCUT2D eigenvalue weighted by atomic mass is 79.9. The number of hydrogen-bond acceptors (Lipinski definition) is 4. The molecule has 0 fully saturated rings. The van der Waals surface area contributed by atoms with Gasteiger partial charge in [0.05, 0.1) is 13.6 Å². The smallest absolute Gasteiger partial charge is 0.261 e. The van der Waals surface area contributed by atoms with Gasteiger partial charge in [-0.25, -0.2) is 13.6 Å². The normalized spacial score (nSPS) is 11.4. The maximum absolute atomic E-state index is 12.0. The van der Waals surface area contributed by atoms with Gasteiger partial charge in [0.2, 0.25) is 10.0 Å². The maximum atomic E-state index is 12.0. The van der Waals surface area contributed by atoms with Crippen LogP contribution in [0.3, 0.4) is 0 Å². The largest absolute Gasteiger partial charge is 0.347 e. The van der Waals surface area contributed by atoms with Crippen LogP contribution in [0.25, 0.3) is 0 Å². The van der Waals surface area contributed by atoms with Gasteiger partial charge in [0.1, 0.15) is 0 Å². The Balaban J connectivity index is 2.01. The van der Waals surface area contributed by atoms with E-state index in [1.165, 1.54) is 23.5 Å². The van der Waals surface area contributed by atoms with Gasteiger partial charge in [0.15, 0.2) is 0 Å². The summed E-state index contributed by atoms with van der Waals surface area (Å²) < 4.78 is 23.9. The van der Waals surface area contributed by atoms with Gasteiger partial charge in [-0.15, -0.1) is 11.3 Å². The molecular formula is C12H10Br2N2O3S2. The van der Waals surface area contributed by atoms with Crippen LogP contribution in [-0.4, -0.2) is 14.3 Å². The third-order valence-electron chi connectivity index (χ3n) is 2.57. The number of primary sulfonamides is 1. The Morgan fingerprint density at radius 1 is 1.24 bits per heavy atom. The van der Waals surface area contributed by atoms with E-state index in [-0.39, 0.29) is 10.8 Å². The fourth-order valence-corrected chi connectivity index (χ4v) is 3.99. The number of nitrogens with two attached hydrogens (primary N) is 1. The summed E-state index contributed by atoms with van der Waals surface area (Å²) in [6.45, 7) is 0.302. The highest BCUT2D eigenvalue weighted by Crippen LogP contribution is 2.32. The van der Waals surface area contributed by atoms with Crippen LogP contribution in [-0.2, 0) is 16.6 Å². The molecule has 0 bridgehead atoms. The number of halogens is 2. The SMILES string of the molecule is NS(=O)(=O)c1ccc(CNC(=O)c2cc(Br)c(Br)s2)cc1. The Morgan fingerprint density at radius 2 is 1.86 bits per heavy atom. The minimum Gasteiger partial charge on any atom is -0.347 e. The van der Waals surface area contributed by atoms with Gasteiger partial charge in [-0.1, -0.05) is 12.1 Å². The molecule has 1 aromatic heterocycles. The number of rotatable bonds is 4. The van der Waals surface area contributed by atoms with Crippen molar-refractivity contribution in [2.45, 2.75) is 11.4 Å². The highest BCUT2D eigenvalue weighted by Gasteiger charge is 2.12. The second-order valence-electron chi connectivity index (χ2n) is 4.10. The van der Waals surface area contributed by atoms with Gasteiger partial charge in [0, 0.05) is 11.0 Å². The molecule has 1 amide bonds. The van der Waals surface area contributed by atoms with Crippen molar-refractivity contribution in [3.63, 3.8) is 0 Å². The van der Waals surface area contributed by atoms with Gasteiger partial charge in [-0.2, -0.15) is 0 Å². The lowest BCUT2D eigenvalue weighted by atomic mass is 10.2. The third kappa shape index (κ3) is 4.36. The number of hydrogen-bond donors (Lipinski definition) is 2. The molecule has 3 N–H and O–H groups in total. The first-order valence-electron chi connectivity index (χ1n) is 5.62. The molecule has 0 unspecified atom stereocenters. The van der Waals surface area contributed by atoms with Crippen molar-refractivity contribution >= 4 is 59.1 Å². The van der Waals surface area contributed by atoms with E-state index in [4.69, 9.17) is 5.14 Å². The monoisotopic (exact) mass is 452 g/mol. The van der Waals surface area contributed by atoms with Crippen molar-refractivity contribution in [2.24, 2.45) is 5.14 Å². The van der Waals surface area contributed by atoms with Gasteiger partial charge in [-0.05, 0) is 55.6 Å². The second kappa shape index (κ2) is 6.57. The Hall–Kier alpha value is -0.740. The lowest BCUT2D eigenvalue weighted by Crippen LogP contribution is -2.21. The van der Waals surface area contributed by atoms with Crippen LogP contribution in [0.5, 0.6) is 0 Å². The first kappa shape index (κ1) is 16.6. The van der Waals surface area contributed by atoms with E-state index in [0.717, 1.165) is 13.8 Å². The van der Waals surface area contributed by atoms with Crippen molar-refractivity contribution in [2.75, 3.05) is 0 Å². The molecule has 0 spiro atoms. The first-order chi connectivity index (χ1) is 9.77. The molecule has 0 saturated heterocycles. The van der Waals surface area contributed by atoms with Crippen LogP contribution in [0, 0.1) is 0 Å². The van der Waals surface area contributed by atoms with Crippen LogP contribution >= 0.6 is 43.2 Å². The highest BCUT2D eigenvalue weighted by molar-refractivity contribution is 9.13. The Labute approximate surface area is 142 Å². The van der Waals surface area contributed by atoms with Crippen molar-refractivity contribution in [3.8, 4) is 0 Å². The topological polar surface area (TPSA) is 89.3 Å². The zero-order chi connectivity index (χ0) is 15.6. The molecule has 0 atom stereocenters. The van der Waals surface area contributed by atoms with Crippen LogP contribution in [0.1, 0.15) is 15.2 Å². The van der Waals surface area contributed by atoms with Crippen LogP contribution in [0.4, 0.5) is 0 Å². The molecule has 1 aromatic carbocycles. The van der Waals surface area contributed by atoms with E-state index in [1.807, 2.05) is 0 Å². The minimum absolute atomic E-state index is 0.0451. The molecule has 2 rings (SSSR count). The molecule has 0 radical (unpaired) electrons. The van der Waals surface area contributed by atoms with E-state index in [1.54, 1.807) is 18.2 Å². The van der Waals surface area contributed by atoms with Gasteiger partial charge >= 0.3 is 0 Å². The maximum Gasteiger partial charge on any atom is 0.261 e. The summed E-state index contributed by atoms with van der Waals surface area (Å²) in [7, 11) is -3.69. The summed E-state index contributed by atoms with van der Waals surface area (Å²) in [5, 5.41) is 7.78. The van der Waals surface area contributed by atoms with Crippen molar-refractivity contribution in [1.29, 1.82) is 0 Å². The van der Waals surface area contributed by atoms with Crippen LogP contribution in [0.15, 0.2) is 43.5 Å². The molecule has 0 aliphatic heterocycles. The lowest BCUT2D eigenvalue weighted by molar-refractivity contribution is 0.0955. The molecule has 9 heteroatoms. The molecule has 2 aromatic rings. The number of nitrogens with one attached hydrogen (secondary N) is 1. The predicted octanol–water partition coefficient (Wildman–Crippen LogP) is 2.85. The molecule has 1 heterocycles. The van der Waals surface area contributed by atoms with Gasteiger partial charge in [-0.3, -0.25) is 4.79 Å². The van der Waals surface area contributed by atoms with E-state index >= 15 is 0 Å². The molecule has 21 heavy (non-hydrogen) atoms. The van der Waals surface area contributed by atoms with Gasteiger partial charge in [0.25, 0.3) is 5.91 Å². The summed E-state index contributed by atoms with van der Waals surface area (Å²) >= 11 is 7.98. The van der Waals surface area contributed by atoms with Gasteiger partial charge < -0.3 is 5.32 Å². The van der Waals surface area contributed by atoms with E-state index in [2.05, 4.69) is 37.2 Å². The molecule has 0 aliphatic rings. The van der Waals surface area contributed by atoms with Crippen molar-refractivity contribution in [1.82, 2.24) is 5.32 Å². The number of benzene rings is 1. The standard InChI is InChI=1S/C12H10Br2N2O3S2/c13-9-5-10(20-11(9)14)12(17)16-6-7-1-3-8(4-2-7)21(15,18)19/h1-5H,6H2,(H,16,17)(H2,15,18,19). The molecule has 0 aliphatic carbocycles. The fourth-order valence-electron chi connectivity index (χ4n) is 1.52. The zero-order valence-corrected chi connectivity index (χ0v) is 15.3. The first-order valence-corrected chi connectivity index (χ1v) is 9.57. The molecule has 112 valence electrons. The van der Waals surface area contributed by atoms with E-state index in [0.29, 0.717) is 11.4 Å². The summed E-state index contributed by atoms with van der Waals surface area (Å²) in [4.78, 5) is 12.6. The zero-order valence-electron chi connectivity index (χ0n) is 10.5. The summed E-state index contributed by atoms with van der Waals surface area (Å²) in [6.07, 6.45) is 0. The summed E-state index contributed by atoms with van der Waals surface area (Å²) in [5.74, 6) is -0.193. The van der Waals surface area contributed by atoms with Crippen molar-refractivity contribution in [3.05, 3.63) is 49.0 Å². The average molecular weight is 454 g/mol. The average Bonchev–Trinajstić information content (AvgIpc) is 2.75. The van der Waals surface area contributed by atoms with Crippen molar-refractivity contribution < 1.29 is 13.2 Å². The second-order valence-corrected chi connectivity index (χ2v) is 8.89. The molecule has 5 nitrogen and oxygen atoms in total. The Kier molecular flexibility index (Phi) is 5.20. The van der Waals surface area contributed by atoms with Crippen LogP contribution < -0.4 is 10.5 Å². The number of thiophene rings is 1. The Bertz CT molecular complexity index is 751. The number of carbonyl (C=O) groups excluding carboxylic acids is 1. The molecular weight excluding hydrogens is 444 g/mol.